The van der Waals surface area contributed by atoms with Gasteiger partial charge in [0.05, 0.1) is 17.7 Å². The van der Waals surface area contributed by atoms with Crippen molar-refractivity contribution in [1.29, 1.82) is 0 Å². The number of alkyl halides is 14. The van der Waals surface area contributed by atoms with Gasteiger partial charge in [-0.1, -0.05) is 54.6 Å². The smallest absolute Gasteiger partial charge is 0.294 e. The van der Waals surface area contributed by atoms with Crippen molar-refractivity contribution in [3.05, 3.63) is 77.9 Å². The Hall–Kier alpha value is -4.40. The first-order valence-electron chi connectivity index (χ1n) is 13.5. The molecule has 3 rings (SSSR count). The third-order valence-corrected chi connectivity index (χ3v) is 8.50. The summed E-state index contributed by atoms with van der Waals surface area (Å²) in [5.74, 6) is -36.8. The van der Waals surface area contributed by atoms with Crippen molar-refractivity contribution < 1.29 is 89.1 Å². The Morgan fingerprint density at radius 1 is 0.500 bits per heavy atom. The monoisotopic (exact) mass is 804 g/mol. The summed E-state index contributed by atoms with van der Waals surface area (Å²) in [5, 5.41) is 0. The Balaban J connectivity index is 2.20. The van der Waals surface area contributed by atoms with Gasteiger partial charge in [0.25, 0.3) is 9.05 Å². The summed E-state index contributed by atoms with van der Waals surface area (Å²) in [5.41, 5.74) is -3.98. The molecule has 0 aliphatic rings. The number of benzene rings is 3. The quantitative estimate of drug-likeness (QED) is 0.0741. The van der Waals surface area contributed by atoms with Gasteiger partial charge >= 0.3 is 36.0 Å². The molecule has 0 heterocycles. The second kappa shape index (κ2) is 13.9. The first kappa shape index (κ1) is 42.0. The molecule has 282 valence electrons. The third-order valence-electron chi connectivity index (χ3n) is 7.15. The van der Waals surface area contributed by atoms with Crippen LogP contribution in [0.25, 0.3) is 22.3 Å². The van der Waals surface area contributed by atoms with Gasteiger partial charge in [-0.25, -0.2) is 8.42 Å². The normalized spacial score (nSPS) is 13.5. The van der Waals surface area contributed by atoms with Gasteiger partial charge in [-0.3, -0.25) is 19.2 Å². The summed E-state index contributed by atoms with van der Waals surface area (Å²) in [4.78, 5) is 49.1. The average Bonchev–Trinajstić information content (AvgIpc) is 3.02. The van der Waals surface area contributed by atoms with Gasteiger partial charge < -0.3 is 0 Å². The van der Waals surface area contributed by atoms with E-state index in [1.54, 1.807) is 0 Å². The zero-order valence-electron chi connectivity index (χ0n) is 24.8. The van der Waals surface area contributed by atoms with E-state index in [1.165, 1.54) is 0 Å². The second-order valence-electron chi connectivity index (χ2n) is 10.6. The van der Waals surface area contributed by atoms with Crippen molar-refractivity contribution in [3.8, 4) is 22.3 Å². The van der Waals surface area contributed by atoms with Gasteiger partial charge in [-0.2, -0.15) is 61.5 Å². The summed E-state index contributed by atoms with van der Waals surface area (Å²) >= 11 is 0. The van der Waals surface area contributed by atoms with E-state index in [4.69, 9.17) is 10.7 Å². The van der Waals surface area contributed by atoms with E-state index < -0.39 is 119 Å². The molecular formula is C30H15ClF14O6S. The minimum absolute atomic E-state index is 0.464. The van der Waals surface area contributed by atoms with E-state index in [9.17, 15) is 89.1 Å². The lowest BCUT2D eigenvalue weighted by Gasteiger charge is -2.27. The van der Waals surface area contributed by atoms with Crippen LogP contribution in [0.2, 0.25) is 0 Å². The highest BCUT2D eigenvalue weighted by Crippen LogP contribution is 2.49. The summed E-state index contributed by atoms with van der Waals surface area (Å²) in [6, 6.07) is 9.54. The van der Waals surface area contributed by atoms with Gasteiger partial charge in [0.1, 0.15) is 0 Å². The molecule has 0 saturated heterocycles. The topological polar surface area (TPSA) is 102 Å². The van der Waals surface area contributed by atoms with Crippen LogP contribution in [0.15, 0.2) is 71.6 Å². The summed E-state index contributed by atoms with van der Waals surface area (Å²) < 4.78 is 210. The van der Waals surface area contributed by atoms with E-state index in [2.05, 4.69) is 0 Å². The highest BCUT2D eigenvalue weighted by atomic mass is 35.7. The maximum Gasteiger partial charge on any atom is 0.460 e. The lowest BCUT2D eigenvalue weighted by Crippen LogP contribution is -2.56. The van der Waals surface area contributed by atoms with Crippen LogP contribution in [-0.4, -0.2) is 67.6 Å². The van der Waals surface area contributed by atoms with Gasteiger partial charge in [0.2, 0.25) is 11.6 Å². The van der Waals surface area contributed by atoms with E-state index in [0.717, 1.165) is 60.7 Å². The number of hydrogen-bond acceptors (Lipinski definition) is 6. The number of rotatable bonds is 13. The zero-order valence-corrected chi connectivity index (χ0v) is 26.4. The molecule has 52 heavy (non-hydrogen) atoms. The van der Waals surface area contributed by atoms with Crippen LogP contribution in [0, 0.1) is 0 Å². The van der Waals surface area contributed by atoms with Gasteiger partial charge in [0.15, 0.2) is 11.6 Å². The molecule has 3 aromatic rings. The molecule has 0 N–H and O–H groups in total. The number of carbonyl (C=O) groups is 4. The lowest BCUT2D eigenvalue weighted by atomic mass is 9.86. The number of ketones is 4. The molecular weight excluding hydrogens is 790 g/mol. The highest BCUT2D eigenvalue weighted by Gasteiger charge is 2.76. The molecule has 6 nitrogen and oxygen atoms in total. The van der Waals surface area contributed by atoms with Crippen molar-refractivity contribution in [3.63, 3.8) is 0 Å². The molecule has 0 fully saturated rings. The molecule has 0 aromatic heterocycles. The Morgan fingerprint density at radius 2 is 0.846 bits per heavy atom. The number of carbonyl (C=O) groups excluding carboxylic acids is 4. The number of hydrogen-bond donors (Lipinski definition) is 0. The van der Waals surface area contributed by atoms with Crippen molar-refractivity contribution >= 4 is 42.9 Å². The highest BCUT2D eigenvalue weighted by molar-refractivity contribution is 8.13. The Labute approximate surface area is 285 Å². The van der Waals surface area contributed by atoms with Crippen molar-refractivity contribution in [2.24, 2.45) is 0 Å². The minimum Gasteiger partial charge on any atom is -0.294 e. The average molecular weight is 805 g/mol. The van der Waals surface area contributed by atoms with Gasteiger partial charge in [-0.05, 0) is 34.4 Å². The van der Waals surface area contributed by atoms with Crippen LogP contribution in [0.1, 0.15) is 33.6 Å². The predicted molar refractivity (Wildman–Crippen MR) is 150 cm³/mol. The van der Waals surface area contributed by atoms with E-state index in [0.29, 0.717) is 6.07 Å². The maximum atomic E-state index is 14.0. The Morgan fingerprint density at radius 3 is 1.19 bits per heavy atom. The largest absolute Gasteiger partial charge is 0.460 e. The van der Waals surface area contributed by atoms with E-state index >= 15 is 0 Å². The number of halogens is 15. The molecule has 0 atom stereocenters. The molecule has 0 aliphatic heterocycles. The Kier molecular flexibility index (Phi) is 11.2. The van der Waals surface area contributed by atoms with Gasteiger partial charge in [0, 0.05) is 21.8 Å². The van der Waals surface area contributed by atoms with E-state index in [1.807, 2.05) is 0 Å². The summed E-state index contributed by atoms with van der Waals surface area (Å²) in [6.45, 7) is 0. The zero-order chi connectivity index (χ0) is 40.0. The first-order valence-corrected chi connectivity index (χ1v) is 15.8. The predicted octanol–water partition coefficient (Wildman–Crippen LogP) is 8.90. The molecule has 0 radical (unpaired) electrons. The molecule has 0 unspecified atom stereocenters. The van der Waals surface area contributed by atoms with Crippen LogP contribution in [0.5, 0.6) is 0 Å². The lowest BCUT2D eigenvalue weighted by molar-refractivity contribution is -0.343. The van der Waals surface area contributed by atoms with Crippen LogP contribution in [0.3, 0.4) is 0 Å². The third kappa shape index (κ3) is 7.69. The molecule has 0 aliphatic carbocycles. The van der Waals surface area contributed by atoms with Crippen LogP contribution >= 0.6 is 10.7 Å². The summed E-state index contributed by atoms with van der Waals surface area (Å²) in [6.07, 6.45) is -18.4. The number of Topliss-reactive ketones (excluding diaryl/α,β-unsaturated/α-hetero) is 4. The Bertz CT molecular complexity index is 2040. The SMILES string of the molecule is O=C(CC(=O)C(F)(F)C(F)(F)C(F)(F)F)c1ccccc1-c1ccc(S(=O)(=O)Cl)cc1-c1ccccc1C(=O)CC(=O)C(F)(F)C(F)(F)C(F)(F)F. The molecule has 0 spiro atoms. The fourth-order valence-corrected chi connectivity index (χ4v) is 5.24. The molecule has 0 amide bonds. The standard InChI is InChI=1S/C30H15ClF14O6S/c31-52(50,51)14-9-10-17(15-5-1-3-7-18(15)21(46)12-23(48)25(32,33)27(36,37)29(40,41)42)20(11-14)16-6-2-4-8-19(16)22(47)13-24(49)26(34,35)28(38,39)30(43,44)45/h1-11H,12-13H2. The first-order chi connectivity index (χ1) is 23.4. The fourth-order valence-electron chi connectivity index (χ4n) is 4.47. The fraction of sp³-hybridized carbons (Fsp3) is 0.267. The molecule has 0 bridgehead atoms. The summed E-state index contributed by atoms with van der Waals surface area (Å²) in [7, 11) is 0.646. The van der Waals surface area contributed by atoms with Crippen LogP contribution < -0.4 is 0 Å². The van der Waals surface area contributed by atoms with Crippen molar-refractivity contribution in [2.45, 2.75) is 53.8 Å². The van der Waals surface area contributed by atoms with E-state index in [-0.39, 0.29) is 0 Å². The van der Waals surface area contributed by atoms with Crippen molar-refractivity contribution in [2.75, 3.05) is 0 Å². The maximum absolute atomic E-state index is 14.0. The molecule has 22 heteroatoms. The van der Waals surface area contributed by atoms with Crippen LogP contribution in [-0.2, 0) is 18.6 Å². The second-order valence-corrected chi connectivity index (χ2v) is 13.1. The molecule has 0 saturated carbocycles. The minimum atomic E-state index is -6.94. The molecule has 3 aromatic carbocycles. The van der Waals surface area contributed by atoms with Crippen molar-refractivity contribution in [1.82, 2.24) is 0 Å². The van der Waals surface area contributed by atoms with Crippen LogP contribution in [0.4, 0.5) is 61.5 Å². The van der Waals surface area contributed by atoms with Gasteiger partial charge in [-0.15, -0.1) is 0 Å².